The molecule has 1 unspecified atom stereocenters. The third-order valence-electron chi connectivity index (χ3n) is 1.66. The van der Waals surface area contributed by atoms with E-state index in [1.165, 1.54) is 12.2 Å². The van der Waals surface area contributed by atoms with E-state index in [0.29, 0.717) is 12.3 Å². The third-order valence-corrected chi connectivity index (χ3v) is 1.66. The molecule has 11 heavy (non-hydrogen) atoms. The van der Waals surface area contributed by atoms with Gasteiger partial charge in [0.05, 0.1) is 0 Å². The summed E-state index contributed by atoms with van der Waals surface area (Å²) in [6.07, 6.45) is 1.21. The van der Waals surface area contributed by atoms with Crippen LogP contribution in [0.15, 0.2) is 23.8 Å². The lowest BCUT2D eigenvalue weighted by Crippen LogP contribution is -2.18. The quantitative estimate of drug-likeness (QED) is 0.622. The van der Waals surface area contributed by atoms with Gasteiger partial charge in [-0.1, -0.05) is 25.2 Å². The molecule has 0 aromatic heterocycles. The van der Waals surface area contributed by atoms with E-state index in [0.717, 1.165) is 0 Å². The van der Waals surface area contributed by atoms with Crippen molar-refractivity contribution in [2.24, 2.45) is 5.92 Å². The fourth-order valence-corrected chi connectivity index (χ4v) is 0.950. The minimum Gasteiger partial charge on any atom is -0.332 e. The van der Waals surface area contributed by atoms with Crippen LogP contribution < -0.4 is 0 Å². The van der Waals surface area contributed by atoms with E-state index in [2.05, 4.69) is 0 Å². The van der Waals surface area contributed by atoms with Gasteiger partial charge in [-0.05, 0) is 12.3 Å². The molecule has 0 saturated heterocycles. The molecule has 0 aromatic rings. The summed E-state index contributed by atoms with van der Waals surface area (Å²) in [4.78, 5) is 0. The fourth-order valence-electron chi connectivity index (χ4n) is 0.950. The summed E-state index contributed by atoms with van der Waals surface area (Å²) in [6, 6.07) is 0. The highest BCUT2D eigenvalue weighted by Crippen LogP contribution is 2.26. The Morgan fingerprint density at radius 1 is 1.64 bits per heavy atom. The highest BCUT2D eigenvalue weighted by Gasteiger charge is 2.29. The molecule has 0 fully saturated rings. The lowest BCUT2D eigenvalue weighted by Gasteiger charge is -2.15. The molecular weight excluding hydrogens is 150 g/mol. The van der Waals surface area contributed by atoms with Crippen LogP contribution in [0.5, 0.6) is 0 Å². The van der Waals surface area contributed by atoms with Crippen molar-refractivity contribution in [3.8, 4) is 0 Å². The van der Waals surface area contributed by atoms with Crippen molar-refractivity contribution in [1.82, 2.24) is 0 Å². The maximum Gasteiger partial charge on any atom is 0.380 e. The molecule has 3 heteroatoms. The molecule has 0 amide bonds. The summed E-state index contributed by atoms with van der Waals surface area (Å²) in [6.45, 7) is 1.93. The number of hydrogen-bond donors (Lipinski definition) is 1. The first-order valence-electron chi connectivity index (χ1n) is 3.49. The largest absolute Gasteiger partial charge is 0.380 e. The van der Waals surface area contributed by atoms with Gasteiger partial charge in [-0.25, -0.2) is 0 Å². The van der Waals surface area contributed by atoms with Gasteiger partial charge in [0.2, 0.25) is 0 Å². The lowest BCUT2D eigenvalue weighted by molar-refractivity contribution is -0.162. The first kappa shape index (κ1) is 8.40. The summed E-state index contributed by atoms with van der Waals surface area (Å²) in [5.41, 5.74) is -0.296. The predicted molar refractivity (Wildman–Crippen MR) is 38.2 cm³/mol. The summed E-state index contributed by atoms with van der Waals surface area (Å²) in [5, 5.41) is 8.28. The van der Waals surface area contributed by atoms with Crippen LogP contribution in [0.1, 0.15) is 13.3 Å². The Labute approximate surface area is 64.0 Å². The van der Waals surface area contributed by atoms with Gasteiger partial charge in [0.1, 0.15) is 0 Å². The lowest BCUT2D eigenvalue weighted by atomic mass is 9.98. The van der Waals surface area contributed by atoms with Crippen LogP contribution in [0.25, 0.3) is 0 Å². The number of halogens is 2. The van der Waals surface area contributed by atoms with Crippen molar-refractivity contribution in [2.45, 2.75) is 19.5 Å². The third kappa shape index (κ3) is 2.12. The van der Waals surface area contributed by atoms with Crippen LogP contribution in [0.4, 0.5) is 8.78 Å². The molecule has 1 atom stereocenters. The molecule has 1 nitrogen and oxygen atoms in total. The zero-order valence-electron chi connectivity index (χ0n) is 6.22. The fraction of sp³-hybridized carbons (Fsp3) is 0.500. The molecule has 0 bridgehead atoms. The molecule has 62 valence electrons. The minimum atomic E-state index is -3.67. The second kappa shape index (κ2) is 2.74. The highest BCUT2D eigenvalue weighted by molar-refractivity contribution is 5.27. The Hall–Kier alpha value is -0.700. The number of alkyl halides is 2. The Morgan fingerprint density at radius 2 is 2.27 bits per heavy atom. The van der Waals surface area contributed by atoms with E-state index in [1.807, 2.05) is 6.92 Å². The zero-order valence-corrected chi connectivity index (χ0v) is 6.22. The van der Waals surface area contributed by atoms with Gasteiger partial charge in [0, 0.05) is 5.57 Å². The van der Waals surface area contributed by atoms with Crippen LogP contribution in [-0.2, 0) is 0 Å². The van der Waals surface area contributed by atoms with Crippen LogP contribution in [0, 0.1) is 5.92 Å². The summed E-state index contributed by atoms with van der Waals surface area (Å²) in [5.74, 6) is 0.293. The van der Waals surface area contributed by atoms with Crippen molar-refractivity contribution in [3.05, 3.63) is 23.8 Å². The molecule has 0 spiro atoms. The number of rotatable bonds is 1. The van der Waals surface area contributed by atoms with Crippen molar-refractivity contribution in [3.63, 3.8) is 0 Å². The molecular formula is C8H10F2O. The number of aliphatic hydroxyl groups is 1. The first-order valence-corrected chi connectivity index (χ1v) is 3.49. The molecule has 1 rings (SSSR count). The molecule has 0 radical (unpaired) electrons. The van der Waals surface area contributed by atoms with Crippen LogP contribution in [0.3, 0.4) is 0 Å². The van der Waals surface area contributed by atoms with Crippen molar-refractivity contribution < 1.29 is 13.9 Å². The SMILES string of the molecule is CC1C=CC(C(O)(F)F)=CC1. The van der Waals surface area contributed by atoms with E-state index >= 15 is 0 Å². The Bertz CT molecular complexity index is 201. The first-order chi connectivity index (χ1) is 5.00. The molecule has 1 aliphatic rings. The predicted octanol–water partition coefficient (Wildman–Crippen LogP) is 2.09. The minimum absolute atomic E-state index is 0.293. The molecule has 1 aliphatic carbocycles. The topological polar surface area (TPSA) is 20.2 Å². The second-order valence-corrected chi connectivity index (χ2v) is 2.77. The summed E-state index contributed by atoms with van der Waals surface area (Å²) in [7, 11) is 0. The van der Waals surface area contributed by atoms with Crippen molar-refractivity contribution in [1.29, 1.82) is 0 Å². The van der Waals surface area contributed by atoms with Crippen LogP contribution >= 0.6 is 0 Å². The van der Waals surface area contributed by atoms with Gasteiger partial charge in [-0.2, -0.15) is 8.78 Å². The second-order valence-electron chi connectivity index (χ2n) is 2.77. The normalized spacial score (nSPS) is 25.1. The maximum absolute atomic E-state index is 12.2. The van der Waals surface area contributed by atoms with Gasteiger partial charge in [-0.3, -0.25) is 0 Å². The zero-order chi connectivity index (χ0) is 8.48. The molecule has 1 N–H and O–H groups in total. The monoisotopic (exact) mass is 160 g/mol. The van der Waals surface area contributed by atoms with Crippen LogP contribution in [0.2, 0.25) is 0 Å². The Morgan fingerprint density at radius 3 is 2.64 bits per heavy atom. The van der Waals surface area contributed by atoms with Crippen molar-refractivity contribution >= 4 is 0 Å². The number of allylic oxidation sites excluding steroid dienone is 2. The maximum atomic E-state index is 12.2. The van der Waals surface area contributed by atoms with E-state index in [1.54, 1.807) is 6.08 Å². The van der Waals surface area contributed by atoms with E-state index in [4.69, 9.17) is 5.11 Å². The highest BCUT2D eigenvalue weighted by atomic mass is 19.3. The smallest absolute Gasteiger partial charge is 0.332 e. The van der Waals surface area contributed by atoms with Gasteiger partial charge in [-0.15, -0.1) is 0 Å². The molecule has 0 heterocycles. The number of hydrogen-bond acceptors (Lipinski definition) is 1. The average molecular weight is 160 g/mol. The van der Waals surface area contributed by atoms with E-state index < -0.39 is 6.11 Å². The van der Waals surface area contributed by atoms with Crippen molar-refractivity contribution in [2.75, 3.05) is 0 Å². The van der Waals surface area contributed by atoms with Gasteiger partial charge < -0.3 is 5.11 Å². The Balaban J connectivity index is 2.71. The summed E-state index contributed by atoms with van der Waals surface area (Å²) >= 11 is 0. The van der Waals surface area contributed by atoms with E-state index in [-0.39, 0.29) is 5.57 Å². The Kier molecular flexibility index (Phi) is 2.09. The average Bonchev–Trinajstić information content (AvgIpc) is 1.86. The standard InChI is InChI=1S/C8H10F2O/c1-6-2-4-7(5-3-6)8(9,10)11/h2,4-6,11H,3H2,1H3. The summed E-state index contributed by atoms with van der Waals surface area (Å²) < 4.78 is 24.3. The van der Waals surface area contributed by atoms with Crippen LogP contribution in [-0.4, -0.2) is 11.2 Å². The molecule has 0 saturated carbocycles. The molecule has 0 aromatic carbocycles. The van der Waals surface area contributed by atoms with Gasteiger partial charge in [0.25, 0.3) is 0 Å². The van der Waals surface area contributed by atoms with Gasteiger partial charge in [0.15, 0.2) is 0 Å². The molecule has 0 aliphatic heterocycles. The van der Waals surface area contributed by atoms with Gasteiger partial charge >= 0.3 is 6.11 Å². The van der Waals surface area contributed by atoms with E-state index in [9.17, 15) is 8.78 Å².